The average molecular weight is 238 g/mol. The average Bonchev–Trinajstić information content (AvgIpc) is 2.30. The summed E-state index contributed by atoms with van der Waals surface area (Å²) >= 11 is 1.93. The molecule has 0 unspecified atom stereocenters. The number of thioether (sulfide) groups is 1. The molecular formula is C13H18O2S. The quantitative estimate of drug-likeness (QED) is 0.877. The fraction of sp³-hybridized carbons (Fsp3) is 0.538. The molecule has 1 N–H and O–H groups in total. The van der Waals surface area contributed by atoms with Gasteiger partial charge >= 0.3 is 0 Å². The summed E-state index contributed by atoms with van der Waals surface area (Å²) in [5.74, 6) is 3.02. The Morgan fingerprint density at radius 3 is 2.44 bits per heavy atom. The zero-order valence-corrected chi connectivity index (χ0v) is 10.4. The van der Waals surface area contributed by atoms with E-state index in [4.69, 9.17) is 4.74 Å². The number of hydrogen-bond acceptors (Lipinski definition) is 3. The maximum atomic E-state index is 10.4. The van der Waals surface area contributed by atoms with E-state index in [-0.39, 0.29) is 0 Å². The van der Waals surface area contributed by atoms with Crippen molar-refractivity contribution in [3.05, 3.63) is 29.8 Å². The summed E-state index contributed by atoms with van der Waals surface area (Å²) in [5.41, 5.74) is 0.704. The first-order valence-electron chi connectivity index (χ1n) is 5.65. The molecule has 0 radical (unpaired) electrons. The van der Waals surface area contributed by atoms with Gasteiger partial charge in [0.1, 0.15) is 5.75 Å². The number of hydrogen-bond donors (Lipinski definition) is 1. The lowest BCUT2D eigenvalue weighted by atomic mass is 9.89. The summed E-state index contributed by atoms with van der Waals surface area (Å²) in [5, 5.41) is 10.4. The molecule has 2 nitrogen and oxygen atoms in total. The lowest BCUT2D eigenvalue weighted by Gasteiger charge is -2.31. The van der Waals surface area contributed by atoms with Crippen molar-refractivity contribution in [2.24, 2.45) is 0 Å². The molecule has 1 fully saturated rings. The van der Waals surface area contributed by atoms with Gasteiger partial charge in [0.15, 0.2) is 0 Å². The zero-order valence-electron chi connectivity index (χ0n) is 9.61. The molecule has 3 heteroatoms. The molecule has 1 aliphatic rings. The van der Waals surface area contributed by atoms with Crippen LogP contribution in [0.25, 0.3) is 0 Å². The maximum absolute atomic E-state index is 10.4. The highest BCUT2D eigenvalue weighted by Crippen LogP contribution is 2.30. The Hall–Kier alpha value is -0.670. The fourth-order valence-electron chi connectivity index (χ4n) is 2.05. The van der Waals surface area contributed by atoms with E-state index in [1.54, 1.807) is 7.11 Å². The lowest BCUT2D eigenvalue weighted by molar-refractivity contribution is 0.0323. The first-order valence-corrected chi connectivity index (χ1v) is 6.80. The Balaban J connectivity index is 2.01. The summed E-state index contributed by atoms with van der Waals surface area (Å²) in [6.45, 7) is 0. The van der Waals surface area contributed by atoms with Crippen molar-refractivity contribution < 1.29 is 9.84 Å². The van der Waals surface area contributed by atoms with Gasteiger partial charge in [0, 0.05) is 6.42 Å². The first kappa shape index (κ1) is 11.8. The standard InChI is InChI=1S/C13H18O2S/c1-15-12-4-2-11(3-5-12)10-13(14)6-8-16-9-7-13/h2-5,14H,6-10H2,1H3. The fourth-order valence-corrected chi connectivity index (χ4v) is 3.30. The van der Waals surface area contributed by atoms with Crippen LogP contribution in [0, 0.1) is 0 Å². The van der Waals surface area contributed by atoms with Crippen LogP contribution in [0.5, 0.6) is 5.75 Å². The van der Waals surface area contributed by atoms with Gasteiger partial charge in [-0.3, -0.25) is 0 Å². The largest absolute Gasteiger partial charge is 0.497 e. The highest BCUT2D eigenvalue weighted by molar-refractivity contribution is 7.99. The van der Waals surface area contributed by atoms with Crippen LogP contribution in [0.3, 0.4) is 0 Å². The van der Waals surface area contributed by atoms with Crippen LogP contribution >= 0.6 is 11.8 Å². The second kappa shape index (κ2) is 5.11. The van der Waals surface area contributed by atoms with Gasteiger partial charge in [-0.1, -0.05) is 12.1 Å². The summed E-state index contributed by atoms with van der Waals surface area (Å²) in [7, 11) is 1.67. The number of aliphatic hydroxyl groups is 1. The molecule has 1 aromatic rings. The molecule has 0 spiro atoms. The molecular weight excluding hydrogens is 220 g/mol. The molecule has 2 rings (SSSR count). The second-order valence-electron chi connectivity index (χ2n) is 4.36. The SMILES string of the molecule is COc1ccc(CC2(O)CCSCC2)cc1. The molecule has 1 aromatic carbocycles. The normalized spacial score (nSPS) is 19.4. The molecule has 0 amide bonds. The van der Waals surface area contributed by atoms with Crippen molar-refractivity contribution in [1.82, 2.24) is 0 Å². The second-order valence-corrected chi connectivity index (χ2v) is 5.59. The van der Waals surface area contributed by atoms with Gasteiger partial charge < -0.3 is 9.84 Å². The van der Waals surface area contributed by atoms with Crippen molar-refractivity contribution >= 4 is 11.8 Å². The Morgan fingerprint density at radius 1 is 1.25 bits per heavy atom. The van der Waals surface area contributed by atoms with E-state index < -0.39 is 5.60 Å². The smallest absolute Gasteiger partial charge is 0.118 e. The molecule has 0 saturated carbocycles. The van der Waals surface area contributed by atoms with Crippen LogP contribution in [0.4, 0.5) is 0 Å². The zero-order chi connectivity index (χ0) is 11.4. The summed E-state index contributed by atoms with van der Waals surface area (Å²) < 4.78 is 5.12. The van der Waals surface area contributed by atoms with Gasteiger partial charge in [-0.05, 0) is 42.0 Å². The lowest BCUT2D eigenvalue weighted by Crippen LogP contribution is -2.35. The minimum Gasteiger partial charge on any atom is -0.497 e. The minimum absolute atomic E-state index is 0.486. The van der Waals surface area contributed by atoms with E-state index in [2.05, 4.69) is 0 Å². The van der Waals surface area contributed by atoms with E-state index in [1.165, 1.54) is 5.56 Å². The Labute approximate surface area is 101 Å². The van der Waals surface area contributed by atoms with Crippen LogP contribution in [-0.4, -0.2) is 29.3 Å². The van der Waals surface area contributed by atoms with Gasteiger partial charge in [0.25, 0.3) is 0 Å². The van der Waals surface area contributed by atoms with E-state index in [0.717, 1.165) is 36.5 Å². The number of rotatable bonds is 3. The van der Waals surface area contributed by atoms with Crippen LogP contribution < -0.4 is 4.74 Å². The van der Waals surface area contributed by atoms with Gasteiger partial charge in [-0.15, -0.1) is 0 Å². The molecule has 1 saturated heterocycles. The number of ether oxygens (including phenoxy) is 1. The van der Waals surface area contributed by atoms with Crippen molar-refractivity contribution in [2.75, 3.05) is 18.6 Å². The highest BCUT2D eigenvalue weighted by atomic mass is 32.2. The van der Waals surface area contributed by atoms with Gasteiger partial charge in [-0.25, -0.2) is 0 Å². The number of benzene rings is 1. The van der Waals surface area contributed by atoms with Crippen molar-refractivity contribution in [3.63, 3.8) is 0 Å². The maximum Gasteiger partial charge on any atom is 0.118 e. The Kier molecular flexibility index (Phi) is 3.77. The van der Waals surface area contributed by atoms with Crippen molar-refractivity contribution in [1.29, 1.82) is 0 Å². The molecule has 0 aliphatic carbocycles. The van der Waals surface area contributed by atoms with Crippen LogP contribution in [-0.2, 0) is 6.42 Å². The van der Waals surface area contributed by atoms with Crippen LogP contribution in [0.1, 0.15) is 18.4 Å². The minimum atomic E-state index is -0.486. The Morgan fingerprint density at radius 2 is 1.88 bits per heavy atom. The molecule has 0 atom stereocenters. The van der Waals surface area contributed by atoms with Gasteiger partial charge in [-0.2, -0.15) is 11.8 Å². The third-order valence-electron chi connectivity index (χ3n) is 3.12. The number of methoxy groups -OCH3 is 1. The molecule has 1 aliphatic heterocycles. The van der Waals surface area contributed by atoms with E-state index >= 15 is 0 Å². The third kappa shape index (κ3) is 2.92. The first-order chi connectivity index (χ1) is 7.72. The summed E-state index contributed by atoms with van der Waals surface area (Å²) in [6, 6.07) is 7.99. The van der Waals surface area contributed by atoms with E-state index in [0.29, 0.717) is 0 Å². The summed E-state index contributed by atoms with van der Waals surface area (Å²) in [6.07, 6.45) is 2.57. The van der Waals surface area contributed by atoms with Crippen LogP contribution in [0.15, 0.2) is 24.3 Å². The highest BCUT2D eigenvalue weighted by Gasteiger charge is 2.29. The topological polar surface area (TPSA) is 29.5 Å². The van der Waals surface area contributed by atoms with Crippen molar-refractivity contribution in [3.8, 4) is 5.75 Å². The molecule has 1 heterocycles. The Bertz CT molecular complexity index is 328. The third-order valence-corrected chi connectivity index (χ3v) is 4.10. The predicted molar refractivity (Wildman–Crippen MR) is 68.2 cm³/mol. The van der Waals surface area contributed by atoms with E-state index in [1.807, 2.05) is 36.0 Å². The molecule has 0 aromatic heterocycles. The van der Waals surface area contributed by atoms with Crippen molar-refractivity contribution in [2.45, 2.75) is 24.9 Å². The molecule has 88 valence electrons. The van der Waals surface area contributed by atoms with Gasteiger partial charge in [0.2, 0.25) is 0 Å². The molecule has 0 bridgehead atoms. The predicted octanol–water partition coefficient (Wildman–Crippen LogP) is 2.50. The molecule has 16 heavy (non-hydrogen) atoms. The monoisotopic (exact) mass is 238 g/mol. The van der Waals surface area contributed by atoms with Gasteiger partial charge in [0.05, 0.1) is 12.7 Å². The summed E-state index contributed by atoms with van der Waals surface area (Å²) in [4.78, 5) is 0. The van der Waals surface area contributed by atoms with Crippen LogP contribution in [0.2, 0.25) is 0 Å². The van der Waals surface area contributed by atoms with E-state index in [9.17, 15) is 5.11 Å².